The molecule has 0 saturated heterocycles. The van der Waals surface area contributed by atoms with Crippen LogP contribution >= 0.6 is 0 Å². The molecule has 0 fully saturated rings. The summed E-state index contributed by atoms with van der Waals surface area (Å²) >= 11 is 0. The molecule has 0 heterocycles. The van der Waals surface area contributed by atoms with Crippen molar-refractivity contribution in [2.24, 2.45) is 0 Å². The van der Waals surface area contributed by atoms with Gasteiger partial charge in [0, 0.05) is 17.7 Å². The number of hydrogen-bond acceptors (Lipinski definition) is 5. The standard InChI is InChI=1S/C24H24FN3O5S/c1-2-33-21-12-14-22(15-13-21)34(31,32)28-20-10-6-18(7-11-20)24(30)27-26-23(29)16-5-17-3-8-19(25)9-4-17/h3-4,6-15,28H,2,5,16H2,1H3,(H,26,29)(H,27,30). The van der Waals surface area contributed by atoms with Gasteiger partial charge in [-0.3, -0.25) is 25.2 Å². The van der Waals surface area contributed by atoms with Crippen molar-refractivity contribution in [3.8, 4) is 5.75 Å². The van der Waals surface area contributed by atoms with E-state index in [1.165, 1.54) is 48.5 Å². The molecule has 0 radical (unpaired) electrons. The maximum atomic E-state index is 12.9. The molecule has 10 heteroatoms. The highest BCUT2D eigenvalue weighted by molar-refractivity contribution is 7.92. The second-order valence-corrected chi connectivity index (χ2v) is 8.90. The summed E-state index contributed by atoms with van der Waals surface area (Å²) in [5.74, 6) is -0.747. The van der Waals surface area contributed by atoms with Crippen molar-refractivity contribution in [1.82, 2.24) is 10.9 Å². The Kier molecular flexibility index (Phi) is 8.20. The first-order valence-electron chi connectivity index (χ1n) is 10.5. The van der Waals surface area contributed by atoms with Gasteiger partial charge in [-0.15, -0.1) is 0 Å². The topological polar surface area (TPSA) is 114 Å². The lowest BCUT2D eigenvalue weighted by atomic mass is 10.1. The van der Waals surface area contributed by atoms with E-state index in [1.54, 1.807) is 24.3 Å². The monoisotopic (exact) mass is 485 g/mol. The van der Waals surface area contributed by atoms with Crippen molar-refractivity contribution >= 4 is 27.5 Å². The van der Waals surface area contributed by atoms with Crippen LogP contribution in [0.2, 0.25) is 0 Å². The quantitative estimate of drug-likeness (QED) is 0.402. The predicted molar refractivity (Wildman–Crippen MR) is 125 cm³/mol. The summed E-state index contributed by atoms with van der Waals surface area (Å²) in [6.07, 6.45) is 0.503. The third-order valence-corrected chi connectivity index (χ3v) is 6.11. The first-order valence-corrected chi connectivity index (χ1v) is 11.9. The molecule has 8 nitrogen and oxygen atoms in total. The van der Waals surface area contributed by atoms with Crippen LogP contribution in [0.25, 0.3) is 0 Å². The summed E-state index contributed by atoms with van der Waals surface area (Å²) in [7, 11) is -3.82. The molecule has 3 rings (SSSR count). The molecule has 3 aromatic rings. The average Bonchev–Trinajstić information content (AvgIpc) is 2.83. The minimum atomic E-state index is -3.82. The first kappa shape index (κ1) is 24.7. The molecule has 0 aromatic heterocycles. The Morgan fingerprint density at radius 1 is 0.882 bits per heavy atom. The first-order chi connectivity index (χ1) is 16.3. The molecule has 0 saturated carbocycles. The summed E-state index contributed by atoms with van der Waals surface area (Å²) in [5.41, 5.74) is 5.91. The second kappa shape index (κ2) is 11.3. The summed E-state index contributed by atoms with van der Waals surface area (Å²) in [6.45, 7) is 2.31. The Balaban J connectivity index is 1.50. The zero-order valence-corrected chi connectivity index (χ0v) is 19.2. The number of benzene rings is 3. The fraction of sp³-hybridized carbons (Fsp3) is 0.167. The van der Waals surface area contributed by atoms with E-state index in [0.29, 0.717) is 18.8 Å². The number of carbonyl (C=O) groups excluding carboxylic acids is 2. The molecule has 2 amide bonds. The molecule has 34 heavy (non-hydrogen) atoms. The molecular formula is C24H24FN3O5S. The molecule has 3 N–H and O–H groups in total. The van der Waals surface area contributed by atoms with Crippen LogP contribution in [-0.2, 0) is 21.2 Å². The summed E-state index contributed by atoms with van der Waals surface area (Å²) < 4.78 is 45.8. The minimum Gasteiger partial charge on any atom is -0.494 e. The largest absolute Gasteiger partial charge is 0.494 e. The fourth-order valence-corrected chi connectivity index (χ4v) is 4.01. The predicted octanol–water partition coefficient (Wildman–Crippen LogP) is 3.42. The zero-order chi connectivity index (χ0) is 24.6. The molecule has 3 aromatic carbocycles. The average molecular weight is 486 g/mol. The SMILES string of the molecule is CCOc1ccc(S(=O)(=O)Nc2ccc(C(=O)NNC(=O)CCc3ccc(F)cc3)cc2)cc1. The van der Waals surface area contributed by atoms with Crippen molar-refractivity contribution in [3.05, 3.63) is 89.7 Å². The number of nitrogens with one attached hydrogen (secondary N) is 3. The van der Waals surface area contributed by atoms with Gasteiger partial charge >= 0.3 is 0 Å². The van der Waals surface area contributed by atoms with Gasteiger partial charge in [0.25, 0.3) is 15.9 Å². The van der Waals surface area contributed by atoms with E-state index in [-0.39, 0.29) is 28.4 Å². The smallest absolute Gasteiger partial charge is 0.269 e. The molecule has 0 aliphatic rings. The third kappa shape index (κ3) is 7.04. The number of rotatable bonds is 9. The van der Waals surface area contributed by atoms with Gasteiger partial charge in [-0.25, -0.2) is 12.8 Å². The number of anilines is 1. The Bertz CT molecular complexity index is 1230. The molecule has 0 spiro atoms. The highest BCUT2D eigenvalue weighted by Gasteiger charge is 2.15. The van der Waals surface area contributed by atoms with E-state index in [2.05, 4.69) is 15.6 Å². The summed E-state index contributed by atoms with van der Waals surface area (Å²) in [4.78, 5) is 24.3. The number of carbonyl (C=O) groups is 2. The highest BCUT2D eigenvalue weighted by Crippen LogP contribution is 2.19. The van der Waals surface area contributed by atoms with Crippen LogP contribution in [0.4, 0.5) is 10.1 Å². The zero-order valence-electron chi connectivity index (χ0n) is 18.4. The van der Waals surface area contributed by atoms with Crippen LogP contribution in [0.3, 0.4) is 0 Å². The van der Waals surface area contributed by atoms with E-state index < -0.39 is 21.8 Å². The fourth-order valence-electron chi connectivity index (χ4n) is 2.96. The van der Waals surface area contributed by atoms with Crippen LogP contribution in [0, 0.1) is 5.82 Å². The van der Waals surface area contributed by atoms with E-state index in [1.807, 2.05) is 6.92 Å². The molecule has 0 aliphatic carbocycles. The summed E-state index contributed by atoms with van der Waals surface area (Å²) in [5, 5.41) is 0. The number of sulfonamides is 1. The lowest BCUT2D eigenvalue weighted by Gasteiger charge is -2.10. The molecule has 178 valence electrons. The van der Waals surface area contributed by atoms with Gasteiger partial charge < -0.3 is 4.74 Å². The Hall–Kier alpha value is -3.92. The van der Waals surface area contributed by atoms with Crippen LogP contribution in [0.1, 0.15) is 29.3 Å². The minimum absolute atomic E-state index is 0.0705. The van der Waals surface area contributed by atoms with Crippen molar-refractivity contribution in [2.45, 2.75) is 24.7 Å². The molecular weight excluding hydrogens is 461 g/mol. The lowest BCUT2D eigenvalue weighted by molar-refractivity contribution is -0.121. The van der Waals surface area contributed by atoms with Crippen molar-refractivity contribution in [2.75, 3.05) is 11.3 Å². The van der Waals surface area contributed by atoms with Gasteiger partial charge in [-0.2, -0.15) is 0 Å². The highest BCUT2D eigenvalue weighted by atomic mass is 32.2. The van der Waals surface area contributed by atoms with E-state index in [4.69, 9.17) is 4.74 Å². The van der Waals surface area contributed by atoms with Crippen molar-refractivity contribution in [1.29, 1.82) is 0 Å². The van der Waals surface area contributed by atoms with Crippen LogP contribution in [-0.4, -0.2) is 26.8 Å². The molecule has 0 atom stereocenters. The number of aryl methyl sites for hydroxylation is 1. The second-order valence-electron chi connectivity index (χ2n) is 7.22. The lowest BCUT2D eigenvalue weighted by Crippen LogP contribution is -2.41. The van der Waals surface area contributed by atoms with Crippen LogP contribution in [0.15, 0.2) is 77.7 Å². The number of hydrogen-bond donors (Lipinski definition) is 3. The number of amides is 2. The Morgan fingerprint density at radius 2 is 1.53 bits per heavy atom. The van der Waals surface area contributed by atoms with Gasteiger partial charge in [0.1, 0.15) is 11.6 Å². The van der Waals surface area contributed by atoms with Crippen molar-refractivity contribution < 1.29 is 27.1 Å². The number of halogens is 1. The van der Waals surface area contributed by atoms with E-state index in [9.17, 15) is 22.4 Å². The number of ether oxygens (including phenoxy) is 1. The van der Waals surface area contributed by atoms with E-state index >= 15 is 0 Å². The Labute approximate surface area is 197 Å². The number of hydrazine groups is 1. The van der Waals surface area contributed by atoms with E-state index in [0.717, 1.165) is 5.56 Å². The molecule has 0 unspecified atom stereocenters. The van der Waals surface area contributed by atoms with Crippen LogP contribution < -0.4 is 20.3 Å². The Morgan fingerprint density at radius 3 is 2.15 bits per heavy atom. The normalized spacial score (nSPS) is 10.9. The van der Waals surface area contributed by atoms with Gasteiger partial charge in [0.05, 0.1) is 11.5 Å². The van der Waals surface area contributed by atoms with Gasteiger partial charge in [0.2, 0.25) is 5.91 Å². The van der Waals surface area contributed by atoms with Crippen LogP contribution in [0.5, 0.6) is 5.75 Å². The molecule has 0 bridgehead atoms. The van der Waals surface area contributed by atoms with Gasteiger partial charge in [-0.1, -0.05) is 12.1 Å². The van der Waals surface area contributed by atoms with Gasteiger partial charge in [-0.05, 0) is 79.6 Å². The maximum absolute atomic E-state index is 12.9. The van der Waals surface area contributed by atoms with Gasteiger partial charge in [0.15, 0.2) is 0 Å². The maximum Gasteiger partial charge on any atom is 0.269 e. The third-order valence-electron chi connectivity index (χ3n) is 4.71. The summed E-state index contributed by atoms with van der Waals surface area (Å²) in [6, 6.07) is 17.6. The molecule has 0 aliphatic heterocycles. The van der Waals surface area contributed by atoms with Crippen molar-refractivity contribution in [3.63, 3.8) is 0 Å².